The molecule has 1 saturated carbocycles. The van der Waals surface area contributed by atoms with Crippen molar-refractivity contribution in [2.75, 3.05) is 0 Å². The van der Waals surface area contributed by atoms with Crippen LogP contribution in [0.4, 0.5) is 0 Å². The number of benzene rings is 1. The number of fused-ring (bicyclic) bond motifs is 1. The zero-order valence-electron chi connectivity index (χ0n) is 11.9. The van der Waals surface area contributed by atoms with Gasteiger partial charge in [0.15, 0.2) is 0 Å². The number of carbonyl (C=O) groups excluding carboxylic acids is 1. The molecule has 3 aliphatic rings. The lowest BCUT2D eigenvalue weighted by atomic mass is 9.57. The van der Waals surface area contributed by atoms with Gasteiger partial charge in [0.05, 0.1) is 11.8 Å². The summed E-state index contributed by atoms with van der Waals surface area (Å²) in [5.41, 5.74) is 0.846. The Morgan fingerprint density at radius 2 is 1.75 bits per heavy atom. The number of rotatable bonds is 1. The molecule has 4 rings (SSSR count). The zero-order chi connectivity index (χ0) is 13.8. The molecule has 2 unspecified atom stereocenters. The summed E-state index contributed by atoms with van der Waals surface area (Å²) in [6, 6.07) is 10.4. The molecule has 2 heterocycles. The van der Waals surface area contributed by atoms with E-state index in [2.05, 4.69) is 31.2 Å². The van der Waals surface area contributed by atoms with E-state index in [4.69, 9.17) is 9.47 Å². The van der Waals surface area contributed by atoms with Crippen molar-refractivity contribution in [2.45, 2.75) is 56.8 Å². The Kier molecular flexibility index (Phi) is 2.39. The van der Waals surface area contributed by atoms with E-state index in [1.54, 1.807) is 0 Å². The molecule has 1 aliphatic carbocycles. The molecule has 3 fully saturated rings. The van der Waals surface area contributed by atoms with Crippen LogP contribution in [0.25, 0.3) is 0 Å². The molecule has 2 atom stereocenters. The molecule has 0 aromatic heterocycles. The van der Waals surface area contributed by atoms with E-state index < -0.39 is 5.79 Å². The van der Waals surface area contributed by atoms with Crippen molar-refractivity contribution >= 4 is 5.97 Å². The topological polar surface area (TPSA) is 35.5 Å². The Balaban J connectivity index is 1.78. The Bertz CT molecular complexity index is 547. The molecule has 1 aromatic carbocycles. The molecule has 2 spiro atoms. The van der Waals surface area contributed by atoms with Gasteiger partial charge in [-0.2, -0.15) is 0 Å². The van der Waals surface area contributed by atoms with Gasteiger partial charge in [-0.25, -0.2) is 0 Å². The molecular weight excluding hydrogens is 252 g/mol. The number of ether oxygens (including phenoxy) is 2. The highest BCUT2D eigenvalue weighted by Crippen LogP contribution is 2.71. The molecule has 106 valence electrons. The molecule has 1 aromatic rings. The maximum Gasteiger partial charge on any atom is 0.308 e. The quantitative estimate of drug-likeness (QED) is 0.734. The smallest absolute Gasteiger partial charge is 0.308 e. The molecule has 20 heavy (non-hydrogen) atoms. The third kappa shape index (κ3) is 1.27. The first kappa shape index (κ1) is 12.4. The fraction of sp³-hybridized carbons (Fsp3) is 0.588. The van der Waals surface area contributed by atoms with Crippen LogP contribution in [0.3, 0.4) is 0 Å². The molecule has 0 bridgehead atoms. The highest BCUT2D eigenvalue weighted by molar-refractivity contribution is 5.72. The van der Waals surface area contributed by atoms with Gasteiger partial charge in [0.2, 0.25) is 5.79 Å². The maximum absolute atomic E-state index is 11.6. The van der Waals surface area contributed by atoms with Crippen LogP contribution >= 0.6 is 0 Å². The summed E-state index contributed by atoms with van der Waals surface area (Å²) in [5.74, 6) is -0.753. The molecule has 3 nitrogen and oxygen atoms in total. The Labute approximate surface area is 119 Å². The first-order valence-electron chi connectivity index (χ1n) is 7.60. The lowest BCUT2D eigenvalue weighted by molar-refractivity contribution is -0.453. The summed E-state index contributed by atoms with van der Waals surface area (Å²) in [7, 11) is 0. The lowest BCUT2D eigenvalue weighted by Crippen LogP contribution is -2.72. The number of esters is 1. The van der Waals surface area contributed by atoms with Crippen LogP contribution in [-0.4, -0.2) is 11.8 Å². The highest BCUT2D eigenvalue weighted by Gasteiger charge is 2.77. The molecule has 0 radical (unpaired) electrons. The van der Waals surface area contributed by atoms with Gasteiger partial charge in [0, 0.05) is 6.42 Å². The van der Waals surface area contributed by atoms with Crippen molar-refractivity contribution in [3.8, 4) is 0 Å². The molecule has 3 heteroatoms. The van der Waals surface area contributed by atoms with Gasteiger partial charge in [-0.1, -0.05) is 43.2 Å². The summed E-state index contributed by atoms with van der Waals surface area (Å²) in [6.07, 6.45) is 5.79. The Morgan fingerprint density at radius 3 is 2.35 bits per heavy atom. The van der Waals surface area contributed by atoms with Crippen LogP contribution in [0.2, 0.25) is 0 Å². The predicted molar refractivity (Wildman–Crippen MR) is 73.8 cm³/mol. The van der Waals surface area contributed by atoms with E-state index >= 15 is 0 Å². The second kappa shape index (κ2) is 3.85. The van der Waals surface area contributed by atoms with Gasteiger partial charge in [-0.05, 0) is 25.3 Å². The SMILES string of the molecule is CC1(c2ccccc2)OC2(CCC(=O)O2)C12CCCC2. The minimum absolute atomic E-state index is 0.0342. The van der Waals surface area contributed by atoms with Crippen molar-refractivity contribution in [1.82, 2.24) is 0 Å². The second-order valence-corrected chi connectivity index (χ2v) is 6.52. The summed E-state index contributed by atoms with van der Waals surface area (Å²) in [4.78, 5) is 11.6. The van der Waals surface area contributed by atoms with Crippen molar-refractivity contribution in [1.29, 1.82) is 0 Å². The first-order chi connectivity index (χ1) is 9.62. The first-order valence-corrected chi connectivity index (χ1v) is 7.60. The van der Waals surface area contributed by atoms with Gasteiger partial charge >= 0.3 is 5.97 Å². The highest BCUT2D eigenvalue weighted by atomic mass is 16.8. The van der Waals surface area contributed by atoms with Crippen molar-refractivity contribution in [3.63, 3.8) is 0 Å². The summed E-state index contributed by atoms with van der Waals surface area (Å²) in [5, 5.41) is 0. The van der Waals surface area contributed by atoms with E-state index in [1.807, 2.05) is 6.07 Å². The van der Waals surface area contributed by atoms with Crippen LogP contribution in [-0.2, 0) is 19.9 Å². The Morgan fingerprint density at radius 1 is 1.05 bits per heavy atom. The third-order valence-electron chi connectivity index (χ3n) is 5.73. The average molecular weight is 272 g/mol. The molecule has 2 saturated heterocycles. The van der Waals surface area contributed by atoms with E-state index in [0.29, 0.717) is 12.8 Å². The van der Waals surface area contributed by atoms with Crippen molar-refractivity contribution < 1.29 is 14.3 Å². The largest absolute Gasteiger partial charge is 0.432 e. The van der Waals surface area contributed by atoms with E-state index in [0.717, 1.165) is 12.8 Å². The summed E-state index contributed by atoms with van der Waals surface area (Å²) >= 11 is 0. The van der Waals surface area contributed by atoms with Crippen molar-refractivity contribution in [3.05, 3.63) is 35.9 Å². The maximum atomic E-state index is 11.6. The monoisotopic (exact) mass is 272 g/mol. The second-order valence-electron chi connectivity index (χ2n) is 6.52. The molecule has 0 N–H and O–H groups in total. The zero-order valence-corrected chi connectivity index (χ0v) is 11.9. The van der Waals surface area contributed by atoms with Crippen LogP contribution in [0.15, 0.2) is 30.3 Å². The normalized spacial score (nSPS) is 38.1. The minimum Gasteiger partial charge on any atom is -0.432 e. The number of hydrogen-bond acceptors (Lipinski definition) is 3. The van der Waals surface area contributed by atoms with Gasteiger partial charge < -0.3 is 9.47 Å². The third-order valence-corrected chi connectivity index (χ3v) is 5.73. The predicted octanol–water partition coefficient (Wildman–Crippen LogP) is 3.53. The average Bonchev–Trinajstić information content (AvgIpc) is 3.10. The fourth-order valence-electron chi connectivity index (χ4n) is 4.73. The molecular formula is C17H20O3. The summed E-state index contributed by atoms with van der Waals surface area (Å²) in [6.45, 7) is 2.17. The molecule has 2 aliphatic heterocycles. The minimum atomic E-state index is -0.648. The van der Waals surface area contributed by atoms with Gasteiger partial charge in [0.25, 0.3) is 0 Å². The van der Waals surface area contributed by atoms with Gasteiger partial charge in [0.1, 0.15) is 5.60 Å². The van der Waals surface area contributed by atoms with E-state index in [9.17, 15) is 4.79 Å². The van der Waals surface area contributed by atoms with Gasteiger partial charge in [-0.3, -0.25) is 4.79 Å². The lowest BCUT2D eigenvalue weighted by Gasteiger charge is -2.66. The van der Waals surface area contributed by atoms with Crippen LogP contribution in [0.1, 0.15) is 51.0 Å². The number of hydrogen-bond donors (Lipinski definition) is 0. The van der Waals surface area contributed by atoms with Crippen molar-refractivity contribution in [2.24, 2.45) is 5.41 Å². The summed E-state index contributed by atoms with van der Waals surface area (Å²) < 4.78 is 12.0. The van der Waals surface area contributed by atoms with E-state index in [-0.39, 0.29) is 17.0 Å². The fourth-order valence-corrected chi connectivity index (χ4v) is 4.73. The van der Waals surface area contributed by atoms with Gasteiger partial charge in [-0.15, -0.1) is 0 Å². The molecule has 0 amide bonds. The standard InChI is InChI=1S/C17H20O3/c1-15(13-7-3-2-4-8-13)16(10-5-6-11-16)17(20-15)12-9-14(18)19-17/h2-4,7-8H,5-6,9-12H2,1H3. The van der Waals surface area contributed by atoms with E-state index in [1.165, 1.54) is 18.4 Å². The Hall–Kier alpha value is -1.35. The number of carbonyl (C=O) groups is 1. The van der Waals surface area contributed by atoms with Crippen LogP contribution in [0.5, 0.6) is 0 Å². The van der Waals surface area contributed by atoms with Crippen LogP contribution in [0, 0.1) is 5.41 Å². The van der Waals surface area contributed by atoms with Crippen LogP contribution < -0.4 is 0 Å².